The highest BCUT2D eigenvalue weighted by molar-refractivity contribution is 6.00. The Balaban J connectivity index is 1.97. The van der Waals surface area contributed by atoms with Crippen molar-refractivity contribution in [3.8, 4) is 23.3 Å². The molecule has 1 atom stereocenters. The summed E-state index contributed by atoms with van der Waals surface area (Å²) in [7, 11) is 0. The van der Waals surface area contributed by atoms with Gasteiger partial charge in [0.25, 0.3) is 5.91 Å². The van der Waals surface area contributed by atoms with Gasteiger partial charge >= 0.3 is 0 Å². The molecule has 30 heavy (non-hydrogen) atoms. The van der Waals surface area contributed by atoms with E-state index in [2.05, 4.69) is 26.0 Å². The molecule has 2 aromatic rings. The number of benzene rings is 2. The first kappa shape index (κ1) is 22.8. The SMILES string of the molecule is CCOc1cc(/C=C(\C#N)C(N)=O)ccc1OCCOc1ccc([C@@H](C)CC)cc1. The summed E-state index contributed by atoms with van der Waals surface area (Å²) in [6, 6.07) is 15.1. The van der Waals surface area contributed by atoms with Crippen LogP contribution in [0.3, 0.4) is 0 Å². The molecule has 0 unspecified atom stereocenters. The van der Waals surface area contributed by atoms with Crippen LogP contribution in [0.4, 0.5) is 0 Å². The van der Waals surface area contributed by atoms with Crippen LogP contribution in [0.5, 0.6) is 17.2 Å². The predicted octanol–water partition coefficient (Wildman–Crippen LogP) is 4.45. The van der Waals surface area contributed by atoms with Crippen LogP contribution < -0.4 is 19.9 Å². The van der Waals surface area contributed by atoms with Crippen LogP contribution in [-0.2, 0) is 4.79 Å². The van der Waals surface area contributed by atoms with Gasteiger partial charge in [-0.2, -0.15) is 5.26 Å². The molecule has 2 aromatic carbocycles. The van der Waals surface area contributed by atoms with E-state index in [0.29, 0.717) is 42.8 Å². The number of hydrogen-bond acceptors (Lipinski definition) is 5. The Labute approximate surface area is 177 Å². The molecule has 6 heteroatoms. The normalized spacial score (nSPS) is 12.0. The van der Waals surface area contributed by atoms with E-state index in [1.807, 2.05) is 19.1 Å². The highest BCUT2D eigenvalue weighted by Crippen LogP contribution is 2.29. The van der Waals surface area contributed by atoms with Crippen molar-refractivity contribution in [1.29, 1.82) is 5.26 Å². The van der Waals surface area contributed by atoms with Gasteiger partial charge in [-0.25, -0.2) is 0 Å². The molecule has 0 radical (unpaired) electrons. The lowest BCUT2D eigenvalue weighted by molar-refractivity contribution is -0.114. The molecule has 0 aromatic heterocycles. The Morgan fingerprint density at radius 2 is 1.77 bits per heavy atom. The van der Waals surface area contributed by atoms with Crippen molar-refractivity contribution in [1.82, 2.24) is 0 Å². The Morgan fingerprint density at radius 1 is 1.07 bits per heavy atom. The van der Waals surface area contributed by atoms with Gasteiger partial charge in [0.2, 0.25) is 0 Å². The van der Waals surface area contributed by atoms with E-state index in [-0.39, 0.29) is 5.57 Å². The van der Waals surface area contributed by atoms with E-state index >= 15 is 0 Å². The van der Waals surface area contributed by atoms with Gasteiger partial charge in [-0.15, -0.1) is 0 Å². The van der Waals surface area contributed by atoms with Gasteiger partial charge in [-0.05, 0) is 60.7 Å². The van der Waals surface area contributed by atoms with Gasteiger partial charge in [0.15, 0.2) is 11.5 Å². The van der Waals surface area contributed by atoms with Crippen LogP contribution in [-0.4, -0.2) is 25.7 Å². The molecule has 6 nitrogen and oxygen atoms in total. The highest BCUT2D eigenvalue weighted by atomic mass is 16.5. The molecule has 0 saturated heterocycles. The summed E-state index contributed by atoms with van der Waals surface area (Å²) in [5.41, 5.74) is 6.98. The average Bonchev–Trinajstić information content (AvgIpc) is 2.76. The third-order valence-corrected chi connectivity index (χ3v) is 4.64. The number of ether oxygens (including phenoxy) is 3. The predicted molar refractivity (Wildman–Crippen MR) is 117 cm³/mol. The number of carbonyl (C=O) groups is 1. The summed E-state index contributed by atoms with van der Waals surface area (Å²) in [5, 5.41) is 8.99. The van der Waals surface area contributed by atoms with E-state index in [1.165, 1.54) is 11.6 Å². The third-order valence-electron chi connectivity index (χ3n) is 4.64. The molecule has 1 amide bonds. The van der Waals surface area contributed by atoms with E-state index in [1.54, 1.807) is 24.3 Å². The number of nitriles is 1. The van der Waals surface area contributed by atoms with Crippen molar-refractivity contribution in [3.63, 3.8) is 0 Å². The summed E-state index contributed by atoms with van der Waals surface area (Å²) < 4.78 is 17.2. The molecule has 0 fully saturated rings. The molecule has 0 saturated carbocycles. The quantitative estimate of drug-likeness (QED) is 0.337. The largest absolute Gasteiger partial charge is 0.490 e. The van der Waals surface area contributed by atoms with Crippen molar-refractivity contribution >= 4 is 12.0 Å². The van der Waals surface area contributed by atoms with Gasteiger partial charge in [0, 0.05) is 0 Å². The molecule has 158 valence electrons. The van der Waals surface area contributed by atoms with Crippen LogP contribution in [0, 0.1) is 11.3 Å². The maximum Gasteiger partial charge on any atom is 0.259 e. The Bertz CT molecular complexity index is 914. The maximum atomic E-state index is 11.2. The summed E-state index contributed by atoms with van der Waals surface area (Å²) in [4.78, 5) is 11.2. The van der Waals surface area contributed by atoms with Crippen molar-refractivity contribution in [2.75, 3.05) is 19.8 Å². The Morgan fingerprint density at radius 3 is 2.37 bits per heavy atom. The minimum Gasteiger partial charge on any atom is -0.490 e. The second kappa shape index (κ2) is 11.5. The smallest absolute Gasteiger partial charge is 0.259 e. The van der Waals surface area contributed by atoms with Crippen molar-refractivity contribution in [2.45, 2.75) is 33.1 Å². The minimum absolute atomic E-state index is 0.126. The minimum atomic E-state index is -0.773. The second-order valence-electron chi connectivity index (χ2n) is 6.75. The van der Waals surface area contributed by atoms with Gasteiger partial charge in [0.05, 0.1) is 6.61 Å². The molecule has 0 aliphatic heterocycles. The molecular formula is C24H28N2O4. The molecule has 2 rings (SSSR count). The number of carbonyl (C=O) groups excluding carboxylic acids is 1. The van der Waals surface area contributed by atoms with Crippen molar-refractivity contribution in [2.24, 2.45) is 5.73 Å². The van der Waals surface area contributed by atoms with E-state index in [0.717, 1.165) is 12.2 Å². The van der Waals surface area contributed by atoms with Gasteiger partial charge < -0.3 is 19.9 Å². The fraction of sp³-hybridized carbons (Fsp3) is 0.333. The summed E-state index contributed by atoms with van der Waals surface area (Å²) >= 11 is 0. The van der Waals surface area contributed by atoms with Crippen LogP contribution in [0.2, 0.25) is 0 Å². The monoisotopic (exact) mass is 408 g/mol. The number of primary amides is 1. The molecule has 0 spiro atoms. The molecule has 0 heterocycles. The van der Waals surface area contributed by atoms with Gasteiger partial charge in [0.1, 0.15) is 30.6 Å². The second-order valence-corrected chi connectivity index (χ2v) is 6.75. The topological polar surface area (TPSA) is 94.6 Å². The van der Waals surface area contributed by atoms with Crippen molar-refractivity contribution < 1.29 is 19.0 Å². The highest BCUT2D eigenvalue weighted by Gasteiger charge is 2.09. The molecular weight excluding hydrogens is 380 g/mol. The standard InChI is InChI=1S/C24H28N2O4/c1-4-17(3)19-7-9-21(10-8-19)29-12-13-30-22-11-6-18(15-23(22)28-5-2)14-20(16-25)24(26)27/h6-11,14-15,17H,4-5,12-13H2,1-3H3,(H2,26,27)/b20-14+/t17-/m0/s1. The molecule has 2 N–H and O–H groups in total. The number of hydrogen-bond donors (Lipinski definition) is 1. The summed E-state index contributed by atoms with van der Waals surface area (Å²) in [6.45, 7) is 7.41. The number of amides is 1. The van der Waals surface area contributed by atoms with E-state index < -0.39 is 5.91 Å². The zero-order valence-corrected chi connectivity index (χ0v) is 17.7. The zero-order valence-electron chi connectivity index (χ0n) is 17.7. The third kappa shape index (κ3) is 6.56. The van der Waals surface area contributed by atoms with Crippen molar-refractivity contribution in [3.05, 3.63) is 59.2 Å². The first-order chi connectivity index (χ1) is 14.5. The maximum absolute atomic E-state index is 11.2. The Hall–Kier alpha value is -3.46. The van der Waals surface area contributed by atoms with E-state index in [9.17, 15) is 4.79 Å². The van der Waals surface area contributed by atoms with Crippen LogP contribution in [0.15, 0.2) is 48.0 Å². The lowest BCUT2D eigenvalue weighted by atomic mass is 9.99. The Kier molecular flexibility index (Phi) is 8.76. The van der Waals surface area contributed by atoms with E-state index in [4.69, 9.17) is 25.2 Å². The lowest BCUT2D eigenvalue weighted by Gasteiger charge is -2.14. The van der Waals surface area contributed by atoms with Crippen LogP contribution >= 0.6 is 0 Å². The number of rotatable bonds is 11. The lowest BCUT2D eigenvalue weighted by Crippen LogP contribution is -2.12. The number of nitrogens with zero attached hydrogens (tertiary/aromatic N) is 1. The zero-order chi connectivity index (χ0) is 21.9. The molecule has 0 aliphatic carbocycles. The van der Waals surface area contributed by atoms with Crippen LogP contribution in [0.1, 0.15) is 44.2 Å². The molecule has 0 bridgehead atoms. The van der Waals surface area contributed by atoms with Gasteiger partial charge in [-0.3, -0.25) is 4.79 Å². The number of nitrogens with two attached hydrogens (primary N) is 1. The fourth-order valence-corrected chi connectivity index (χ4v) is 2.77. The summed E-state index contributed by atoms with van der Waals surface area (Å²) in [5.74, 6) is 1.63. The first-order valence-corrected chi connectivity index (χ1v) is 10.0. The average molecular weight is 408 g/mol. The van der Waals surface area contributed by atoms with Gasteiger partial charge in [-0.1, -0.05) is 32.0 Å². The molecule has 0 aliphatic rings. The van der Waals surface area contributed by atoms with Crippen LogP contribution in [0.25, 0.3) is 6.08 Å². The fourth-order valence-electron chi connectivity index (χ4n) is 2.77. The first-order valence-electron chi connectivity index (χ1n) is 10.0. The summed E-state index contributed by atoms with van der Waals surface area (Å²) in [6.07, 6.45) is 2.52.